The van der Waals surface area contributed by atoms with Crippen LogP contribution < -0.4 is 0 Å². The van der Waals surface area contributed by atoms with Gasteiger partial charge in [-0.25, -0.2) is 8.78 Å². The second kappa shape index (κ2) is 4.42. The van der Waals surface area contributed by atoms with Crippen LogP contribution in [0.3, 0.4) is 0 Å². The van der Waals surface area contributed by atoms with Crippen molar-refractivity contribution in [2.45, 2.75) is 32.8 Å². The second-order valence-electron chi connectivity index (χ2n) is 6.24. The van der Waals surface area contributed by atoms with E-state index in [-0.39, 0.29) is 11.1 Å². The van der Waals surface area contributed by atoms with Gasteiger partial charge in [0.15, 0.2) is 0 Å². The maximum atomic E-state index is 13.9. The second-order valence-corrected chi connectivity index (χ2v) is 6.24. The first kappa shape index (κ1) is 13.3. The fraction of sp³-hybridized carbons (Fsp3) is 0.375. The molecule has 0 bridgehead atoms. The van der Waals surface area contributed by atoms with Crippen molar-refractivity contribution in [3.63, 3.8) is 0 Å². The highest BCUT2D eigenvalue weighted by Crippen LogP contribution is 2.42. The molecule has 0 spiro atoms. The number of halogens is 2. The zero-order valence-electron chi connectivity index (χ0n) is 11.5. The number of fused-ring (bicyclic) bond motifs is 1. The third kappa shape index (κ3) is 2.14. The molecule has 0 aliphatic heterocycles. The normalized spacial score (nSPS) is 20.8. The van der Waals surface area contributed by atoms with Crippen LogP contribution in [0.15, 0.2) is 30.5 Å². The minimum atomic E-state index is -0.549. The lowest BCUT2D eigenvalue weighted by Gasteiger charge is -2.34. The van der Waals surface area contributed by atoms with E-state index in [1.54, 1.807) is 16.8 Å². The van der Waals surface area contributed by atoms with E-state index in [0.29, 0.717) is 6.42 Å². The highest BCUT2D eigenvalue weighted by molar-refractivity contribution is 5.41. The van der Waals surface area contributed by atoms with Gasteiger partial charge in [-0.1, -0.05) is 13.8 Å². The Hall–Kier alpha value is -1.68. The summed E-state index contributed by atoms with van der Waals surface area (Å²) in [5.41, 5.74) is 1.80. The Labute approximate surface area is 116 Å². The van der Waals surface area contributed by atoms with E-state index >= 15 is 0 Å². The third-order valence-electron chi connectivity index (χ3n) is 3.95. The van der Waals surface area contributed by atoms with Crippen molar-refractivity contribution < 1.29 is 13.9 Å². The molecule has 0 saturated carbocycles. The zero-order valence-corrected chi connectivity index (χ0v) is 11.5. The topological polar surface area (TPSA) is 25.2 Å². The van der Waals surface area contributed by atoms with Crippen molar-refractivity contribution in [1.29, 1.82) is 0 Å². The smallest absolute Gasteiger partial charge is 0.147 e. The lowest BCUT2D eigenvalue weighted by atomic mass is 9.75. The minimum absolute atomic E-state index is 0.0632. The molecule has 2 aromatic rings. The summed E-state index contributed by atoms with van der Waals surface area (Å²) in [6, 6.07) is 5.21. The van der Waals surface area contributed by atoms with Gasteiger partial charge in [-0.2, -0.15) is 0 Å². The van der Waals surface area contributed by atoms with Crippen molar-refractivity contribution in [2.24, 2.45) is 5.41 Å². The number of aliphatic hydroxyl groups is 1. The third-order valence-corrected chi connectivity index (χ3v) is 3.95. The molecule has 0 radical (unpaired) electrons. The minimum Gasteiger partial charge on any atom is -0.388 e. The van der Waals surface area contributed by atoms with Gasteiger partial charge < -0.3 is 9.67 Å². The Balaban J connectivity index is 2.16. The van der Waals surface area contributed by atoms with Crippen LogP contribution in [0.4, 0.5) is 8.78 Å². The number of hydrogen-bond acceptors (Lipinski definition) is 1. The van der Waals surface area contributed by atoms with Crippen LogP contribution in [0.1, 0.15) is 37.6 Å². The molecule has 106 valence electrons. The molecule has 0 fully saturated rings. The van der Waals surface area contributed by atoms with Gasteiger partial charge in [0.25, 0.3) is 0 Å². The first-order valence-electron chi connectivity index (χ1n) is 6.71. The molecule has 1 heterocycles. The summed E-state index contributed by atoms with van der Waals surface area (Å²) in [6.45, 7) is 4.14. The van der Waals surface area contributed by atoms with E-state index in [2.05, 4.69) is 13.8 Å². The predicted octanol–water partition coefficient (Wildman–Crippen LogP) is 3.76. The molecule has 0 amide bonds. The molecule has 1 aliphatic carbocycles. The zero-order chi connectivity index (χ0) is 14.5. The SMILES string of the molecule is CC1(C)Cc2c(ccn2-c2cc(F)ccc2F)C(O)C1. The first-order valence-corrected chi connectivity index (χ1v) is 6.71. The van der Waals surface area contributed by atoms with Crippen molar-refractivity contribution in [2.75, 3.05) is 0 Å². The van der Waals surface area contributed by atoms with Crippen LogP contribution in [-0.4, -0.2) is 9.67 Å². The molecule has 1 N–H and O–H groups in total. The Kier molecular flexibility index (Phi) is 2.94. The number of aromatic nitrogens is 1. The van der Waals surface area contributed by atoms with Crippen LogP contribution in [0.5, 0.6) is 0 Å². The average Bonchev–Trinajstić information content (AvgIpc) is 2.74. The van der Waals surface area contributed by atoms with E-state index in [9.17, 15) is 13.9 Å². The van der Waals surface area contributed by atoms with Crippen molar-refractivity contribution in [1.82, 2.24) is 4.57 Å². The highest BCUT2D eigenvalue weighted by Gasteiger charge is 2.33. The van der Waals surface area contributed by atoms with Gasteiger partial charge in [0, 0.05) is 23.5 Å². The lowest BCUT2D eigenvalue weighted by molar-refractivity contribution is 0.0986. The van der Waals surface area contributed by atoms with Gasteiger partial charge >= 0.3 is 0 Å². The average molecular weight is 277 g/mol. The van der Waals surface area contributed by atoms with Crippen LogP contribution in [0.25, 0.3) is 5.69 Å². The van der Waals surface area contributed by atoms with E-state index in [4.69, 9.17) is 0 Å². The number of hydrogen-bond donors (Lipinski definition) is 1. The molecule has 2 nitrogen and oxygen atoms in total. The molecule has 4 heteroatoms. The predicted molar refractivity (Wildman–Crippen MR) is 72.7 cm³/mol. The van der Waals surface area contributed by atoms with Crippen molar-refractivity contribution >= 4 is 0 Å². The van der Waals surface area contributed by atoms with Gasteiger partial charge in [-0.05, 0) is 36.5 Å². The maximum Gasteiger partial charge on any atom is 0.147 e. The lowest BCUT2D eigenvalue weighted by Crippen LogP contribution is -2.26. The van der Waals surface area contributed by atoms with Crippen molar-refractivity contribution in [3.05, 3.63) is 53.4 Å². The molecule has 20 heavy (non-hydrogen) atoms. The summed E-state index contributed by atoms with van der Waals surface area (Å²) in [6.07, 6.45) is 2.55. The fourth-order valence-corrected chi connectivity index (χ4v) is 3.03. The quantitative estimate of drug-likeness (QED) is 0.843. The first-order chi connectivity index (χ1) is 9.37. The fourth-order valence-electron chi connectivity index (χ4n) is 3.03. The largest absolute Gasteiger partial charge is 0.388 e. The summed E-state index contributed by atoms with van der Waals surface area (Å²) in [5.74, 6) is -0.942. The van der Waals surface area contributed by atoms with E-state index < -0.39 is 17.7 Å². The number of benzene rings is 1. The van der Waals surface area contributed by atoms with Gasteiger partial charge in [-0.3, -0.25) is 0 Å². The summed E-state index contributed by atoms with van der Waals surface area (Å²) >= 11 is 0. The Bertz CT molecular complexity index is 660. The van der Waals surface area contributed by atoms with Crippen LogP contribution in [0.2, 0.25) is 0 Å². The molecule has 1 unspecified atom stereocenters. The summed E-state index contributed by atoms with van der Waals surface area (Å²) in [4.78, 5) is 0. The molecule has 1 atom stereocenters. The summed E-state index contributed by atoms with van der Waals surface area (Å²) < 4.78 is 29.0. The summed E-state index contributed by atoms with van der Waals surface area (Å²) in [5, 5.41) is 10.2. The number of aliphatic hydroxyl groups excluding tert-OH is 1. The van der Waals surface area contributed by atoms with Gasteiger partial charge in [0.05, 0.1) is 11.8 Å². The molecule has 1 aliphatic rings. The maximum absolute atomic E-state index is 13.9. The van der Waals surface area contributed by atoms with Crippen LogP contribution in [-0.2, 0) is 6.42 Å². The van der Waals surface area contributed by atoms with Gasteiger partial charge in [0.2, 0.25) is 0 Å². The monoisotopic (exact) mass is 277 g/mol. The van der Waals surface area contributed by atoms with Crippen LogP contribution >= 0.6 is 0 Å². The van der Waals surface area contributed by atoms with E-state index in [0.717, 1.165) is 29.8 Å². The Morgan fingerprint density at radius 1 is 1.25 bits per heavy atom. The van der Waals surface area contributed by atoms with Crippen molar-refractivity contribution in [3.8, 4) is 5.69 Å². The molecule has 1 aromatic heterocycles. The standard InChI is InChI=1S/C16H17F2NO/c1-16(2)8-14-11(15(20)9-16)5-6-19(14)13-7-10(17)3-4-12(13)18/h3-7,15,20H,8-9H2,1-2H3. The number of nitrogens with zero attached hydrogens (tertiary/aromatic N) is 1. The molecular weight excluding hydrogens is 260 g/mol. The van der Waals surface area contributed by atoms with Gasteiger partial charge in [-0.15, -0.1) is 0 Å². The van der Waals surface area contributed by atoms with E-state index in [1.807, 2.05) is 0 Å². The molecule has 3 rings (SSSR count). The Morgan fingerprint density at radius 2 is 2.00 bits per heavy atom. The summed E-state index contributed by atoms with van der Waals surface area (Å²) in [7, 11) is 0. The number of rotatable bonds is 1. The molecule has 1 aromatic carbocycles. The van der Waals surface area contributed by atoms with Gasteiger partial charge in [0.1, 0.15) is 11.6 Å². The van der Waals surface area contributed by atoms with E-state index in [1.165, 1.54) is 6.07 Å². The van der Waals surface area contributed by atoms with Crippen LogP contribution in [0, 0.1) is 17.0 Å². The molecule has 0 saturated heterocycles. The molecular formula is C16H17F2NO. The Morgan fingerprint density at radius 3 is 2.75 bits per heavy atom. The highest BCUT2D eigenvalue weighted by atomic mass is 19.1.